The average Bonchev–Trinajstić information content (AvgIpc) is 3.52. The first-order chi connectivity index (χ1) is 15.9. The van der Waals surface area contributed by atoms with Gasteiger partial charge >= 0.3 is 0 Å². The van der Waals surface area contributed by atoms with Crippen molar-refractivity contribution >= 4 is 32.6 Å². The van der Waals surface area contributed by atoms with Crippen LogP contribution < -0.4 is 0 Å². The maximum absolute atomic E-state index is 13.2. The Labute approximate surface area is 193 Å². The lowest BCUT2D eigenvalue weighted by atomic mass is 9.85. The molecule has 1 saturated carbocycles. The molecule has 2 saturated heterocycles. The molecule has 0 N–H and O–H groups in total. The Balaban J connectivity index is 1.07. The lowest BCUT2D eigenvalue weighted by molar-refractivity contribution is -0.140. The monoisotopic (exact) mass is 465 g/mol. The number of hydrogen-bond donors (Lipinski definition) is 0. The van der Waals surface area contributed by atoms with Crippen LogP contribution in [-0.2, 0) is 19.6 Å². The number of benzene rings is 2. The van der Waals surface area contributed by atoms with Gasteiger partial charge in [-0.25, -0.2) is 8.42 Å². The Bertz CT molecular complexity index is 1240. The van der Waals surface area contributed by atoms with Gasteiger partial charge < -0.3 is 0 Å². The molecule has 2 aliphatic heterocycles. The van der Waals surface area contributed by atoms with E-state index in [0.29, 0.717) is 44.2 Å². The van der Waals surface area contributed by atoms with Crippen LogP contribution in [0.25, 0.3) is 10.8 Å². The number of imide groups is 1. The summed E-state index contributed by atoms with van der Waals surface area (Å²) in [5.41, 5.74) is 0. The van der Waals surface area contributed by atoms with Gasteiger partial charge in [-0.3, -0.25) is 19.4 Å². The molecule has 3 fully saturated rings. The maximum atomic E-state index is 13.2. The number of rotatable bonds is 5. The minimum absolute atomic E-state index is 0.0145. The van der Waals surface area contributed by atoms with Crippen LogP contribution >= 0.6 is 0 Å². The van der Waals surface area contributed by atoms with Gasteiger partial charge in [-0.2, -0.15) is 4.31 Å². The fourth-order valence-electron chi connectivity index (χ4n) is 6.10. The van der Waals surface area contributed by atoms with Crippen molar-refractivity contribution in [2.24, 2.45) is 23.7 Å². The van der Waals surface area contributed by atoms with Gasteiger partial charge in [0.15, 0.2) is 0 Å². The summed E-state index contributed by atoms with van der Waals surface area (Å²) in [5.74, 6) is 0.113. The van der Waals surface area contributed by atoms with Gasteiger partial charge in [0, 0.05) is 39.3 Å². The molecule has 0 radical (unpaired) electrons. The van der Waals surface area contributed by atoms with E-state index in [1.807, 2.05) is 30.3 Å². The highest BCUT2D eigenvalue weighted by molar-refractivity contribution is 7.89. The van der Waals surface area contributed by atoms with Crippen LogP contribution in [0.4, 0.5) is 0 Å². The third-order valence-corrected chi connectivity index (χ3v) is 9.79. The molecule has 2 aromatic carbocycles. The molecule has 4 aliphatic rings. The molecule has 0 unspecified atom stereocenters. The van der Waals surface area contributed by atoms with Gasteiger partial charge in [0.1, 0.15) is 0 Å². The second-order valence-electron chi connectivity index (χ2n) is 9.58. The number of sulfonamides is 1. The molecule has 0 spiro atoms. The molecule has 2 heterocycles. The van der Waals surface area contributed by atoms with Gasteiger partial charge in [-0.05, 0) is 41.2 Å². The fourth-order valence-corrected chi connectivity index (χ4v) is 7.55. The number of carbonyl (C=O) groups excluding carboxylic acids is 2. The highest BCUT2D eigenvalue weighted by Gasteiger charge is 2.59. The smallest absolute Gasteiger partial charge is 0.243 e. The summed E-state index contributed by atoms with van der Waals surface area (Å²) >= 11 is 0. The van der Waals surface area contributed by atoms with E-state index in [1.165, 1.54) is 9.21 Å². The number of amides is 2. The molecule has 2 aliphatic carbocycles. The number of carbonyl (C=O) groups is 2. The summed E-state index contributed by atoms with van der Waals surface area (Å²) in [5, 5.41) is 1.92. The number of allylic oxidation sites excluding steroid dienone is 2. The molecular weight excluding hydrogens is 438 g/mol. The largest absolute Gasteiger partial charge is 0.299 e. The average molecular weight is 466 g/mol. The molecule has 6 rings (SSSR count). The van der Waals surface area contributed by atoms with Crippen molar-refractivity contribution in [3.05, 3.63) is 54.6 Å². The number of fused-ring (bicyclic) bond motifs is 6. The van der Waals surface area contributed by atoms with Gasteiger partial charge in [0.05, 0.1) is 16.7 Å². The normalized spacial score (nSPS) is 30.0. The van der Waals surface area contributed by atoms with Crippen LogP contribution in [0.1, 0.15) is 6.42 Å². The van der Waals surface area contributed by atoms with E-state index >= 15 is 0 Å². The summed E-state index contributed by atoms with van der Waals surface area (Å²) in [7, 11) is -3.56. The molecule has 0 aromatic heterocycles. The van der Waals surface area contributed by atoms with Crippen LogP contribution in [0.2, 0.25) is 0 Å². The first kappa shape index (κ1) is 21.0. The van der Waals surface area contributed by atoms with Crippen LogP contribution in [-0.4, -0.2) is 73.6 Å². The predicted molar refractivity (Wildman–Crippen MR) is 124 cm³/mol. The predicted octanol–water partition coefficient (Wildman–Crippen LogP) is 1.95. The van der Waals surface area contributed by atoms with Gasteiger partial charge in [-0.15, -0.1) is 0 Å². The summed E-state index contributed by atoms with van der Waals surface area (Å²) in [4.78, 5) is 29.6. The summed E-state index contributed by atoms with van der Waals surface area (Å²) in [6.07, 6.45) is 5.15. The van der Waals surface area contributed by atoms with Gasteiger partial charge in [0.25, 0.3) is 0 Å². The first-order valence-electron chi connectivity index (χ1n) is 11.7. The lowest BCUT2D eigenvalue weighted by Crippen LogP contribution is -2.50. The topological polar surface area (TPSA) is 78.0 Å². The summed E-state index contributed by atoms with van der Waals surface area (Å²) in [6, 6.07) is 13.0. The Kier molecular flexibility index (Phi) is 4.94. The zero-order valence-electron chi connectivity index (χ0n) is 18.3. The van der Waals surface area contributed by atoms with Crippen LogP contribution in [0.5, 0.6) is 0 Å². The second kappa shape index (κ2) is 7.75. The Morgan fingerprint density at radius 3 is 2.09 bits per heavy atom. The van der Waals surface area contributed by atoms with E-state index in [2.05, 4.69) is 17.1 Å². The summed E-state index contributed by atoms with van der Waals surface area (Å²) in [6.45, 7) is 2.95. The van der Waals surface area contributed by atoms with E-state index < -0.39 is 10.0 Å². The van der Waals surface area contributed by atoms with Crippen LogP contribution in [0.3, 0.4) is 0 Å². The van der Waals surface area contributed by atoms with Crippen LogP contribution in [0.15, 0.2) is 59.5 Å². The number of hydrogen-bond acceptors (Lipinski definition) is 5. The molecule has 2 amide bonds. The van der Waals surface area contributed by atoms with E-state index in [-0.39, 0.29) is 35.5 Å². The first-order valence-corrected chi connectivity index (χ1v) is 13.1. The quantitative estimate of drug-likeness (QED) is 0.498. The molecule has 7 nitrogen and oxygen atoms in total. The Morgan fingerprint density at radius 2 is 1.42 bits per heavy atom. The van der Waals surface area contributed by atoms with Crippen molar-refractivity contribution in [3.63, 3.8) is 0 Å². The molecule has 33 heavy (non-hydrogen) atoms. The molecule has 2 aromatic rings. The van der Waals surface area contributed by atoms with Crippen molar-refractivity contribution in [3.8, 4) is 0 Å². The van der Waals surface area contributed by atoms with Gasteiger partial charge in [-0.1, -0.05) is 42.5 Å². The van der Waals surface area contributed by atoms with Crippen LogP contribution in [0, 0.1) is 23.7 Å². The van der Waals surface area contributed by atoms with Crippen molar-refractivity contribution < 1.29 is 18.0 Å². The third-order valence-electron chi connectivity index (χ3n) is 7.89. The van der Waals surface area contributed by atoms with Crippen molar-refractivity contribution in [1.29, 1.82) is 0 Å². The highest BCUT2D eigenvalue weighted by Crippen LogP contribution is 2.52. The highest BCUT2D eigenvalue weighted by atomic mass is 32.2. The Hall–Kier alpha value is -2.55. The standard InChI is InChI=1S/C25H27N3O4S/c29-24-22-19-5-6-20(15-19)23(22)25(30)28(24)14-11-26-9-12-27(13-10-26)33(31,32)21-8-7-17-3-1-2-4-18(17)16-21/h1-8,16,19-20,22-23H,9-15H2/t19-,20-,22-,23+/m1/s1. The zero-order chi connectivity index (χ0) is 22.7. The number of nitrogens with zero attached hydrogens (tertiary/aromatic N) is 3. The molecule has 172 valence electrons. The third kappa shape index (κ3) is 3.34. The minimum Gasteiger partial charge on any atom is -0.299 e. The summed E-state index contributed by atoms with van der Waals surface area (Å²) < 4.78 is 27.9. The zero-order valence-corrected chi connectivity index (χ0v) is 19.2. The van der Waals surface area contributed by atoms with E-state index in [0.717, 1.165) is 17.2 Å². The fraction of sp³-hybridized carbons (Fsp3) is 0.440. The van der Waals surface area contributed by atoms with E-state index in [4.69, 9.17) is 0 Å². The lowest BCUT2D eigenvalue weighted by Gasteiger charge is -2.34. The van der Waals surface area contributed by atoms with Crippen molar-refractivity contribution in [1.82, 2.24) is 14.1 Å². The second-order valence-corrected chi connectivity index (χ2v) is 11.5. The number of likely N-dealkylation sites (tertiary alicyclic amines) is 1. The molecule has 2 bridgehead atoms. The molecular formula is C25H27N3O4S. The SMILES string of the molecule is O=C1[C@@H]2[C@H](C(=O)N1CCN1CCN(S(=O)(=O)c3ccc4ccccc4c3)CC1)[C@@H]1C=C[C@@H]2C1. The maximum Gasteiger partial charge on any atom is 0.243 e. The minimum atomic E-state index is -3.56. The molecule has 4 atom stereocenters. The number of piperazine rings is 1. The Morgan fingerprint density at radius 1 is 0.788 bits per heavy atom. The molecule has 8 heteroatoms. The van der Waals surface area contributed by atoms with E-state index in [1.54, 1.807) is 12.1 Å². The van der Waals surface area contributed by atoms with Crippen molar-refractivity contribution in [2.75, 3.05) is 39.3 Å². The van der Waals surface area contributed by atoms with Gasteiger partial charge in [0.2, 0.25) is 21.8 Å². The van der Waals surface area contributed by atoms with Crippen molar-refractivity contribution in [2.45, 2.75) is 11.3 Å². The van der Waals surface area contributed by atoms with E-state index in [9.17, 15) is 18.0 Å².